The van der Waals surface area contributed by atoms with Gasteiger partial charge in [0.2, 0.25) is 0 Å². The van der Waals surface area contributed by atoms with E-state index in [0.717, 1.165) is 24.6 Å². The third-order valence-electron chi connectivity index (χ3n) is 3.53. The Hall–Kier alpha value is -0.450. The second-order valence-electron chi connectivity index (χ2n) is 5.00. The summed E-state index contributed by atoms with van der Waals surface area (Å²) >= 11 is 2.07. The number of thioether (sulfide) groups is 1. The van der Waals surface area contributed by atoms with Gasteiger partial charge in [0.15, 0.2) is 0 Å². The van der Waals surface area contributed by atoms with Crippen LogP contribution in [0.1, 0.15) is 30.0 Å². The maximum Gasteiger partial charge on any atom is 0.105 e. The monoisotopic (exact) mass is 268 g/mol. The van der Waals surface area contributed by atoms with Crippen LogP contribution in [0.4, 0.5) is 0 Å². The normalized spacial score (nSPS) is 19.1. The topological polar surface area (TPSA) is 28.4 Å². The average Bonchev–Trinajstić information content (AvgIpc) is 2.70. The zero-order chi connectivity index (χ0) is 13.0. The van der Waals surface area contributed by atoms with E-state index in [0.29, 0.717) is 6.04 Å². The summed E-state index contributed by atoms with van der Waals surface area (Å²) in [4.78, 5) is 2.55. The Morgan fingerprint density at radius 3 is 2.72 bits per heavy atom. The molecule has 102 valence electrons. The van der Waals surface area contributed by atoms with Crippen LogP contribution in [0.15, 0.2) is 10.5 Å². The number of nitrogens with zero attached hydrogens (tertiary/aromatic N) is 1. The van der Waals surface area contributed by atoms with Crippen molar-refractivity contribution in [2.75, 3.05) is 37.7 Å². The number of furan rings is 1. The largest absolute Gasteiger partial charge is 0.466 e. The highest BCUT2D eigenvalue weighted by atomic mass is 32.2. The quantitative estimate of drug-likeness (QED) is 0.888. The number of hydrogen-bond acceptors (Lipinski definition) is 4. The average molecular weight is 268 g/mol. The lowest BCUT2D eigenvalue weighted by Gasteiger charge is -2.26. The summed E-state index contributed by atoms with van der Waals surface area (Å²) in [5.41, 5.74) is 1.29. The van der Waals surface area contributed by atoms with Crippen LogP contribution in [0.3, 0.4) is 0 Å². The van der Waals surface area contributed by atoms with E-state index >= 15 is 0 Å². The van der Waals surface area contributed by atoms with E-state index in [1.807, 2.05) is 13.8 Å². The molecular weight excluding hydrogens is 244 g/mol. The fourth-order valence-electron chi connectivity index (χ4n) is 2.45. The highest BCUT2D eigenvalue weighted by Gasteiger charge is 2.13. The molecule has 0 saturated carbocycles. The molecule has 0 spiro atoms. The summed E-state index contributed by atoms with van der Waals surface area (Å²) < 4.78 is 5.58. The molecule has 4 heteroatoms. The van der Waals surface area contributed by atoms with Crippen LogP contribution in [-0.4, -0.2) is 42.6 Å². The maximum atomic E-state index is 5.58. The van der Waals surface area contributed by atoms with Crippen LogP contribution in [0.2, 0.25) is 0 Å². The molecule has 0 radical (unpaired) electrons. The van der Waals surface area contributed by atoms with Crippen LogP contribution in [0.5, 0.6) is 0 Å². The van der Waals surface area contributed by atoms with Gasteiger partial charge in [0.1, 0.15) is 11.5 Å². The standard InChI is InChI=1S/C14H24N2OS/c1-11-10-14(13(3)17-11)12(2)15-4-5-16-6-8-18-9-7-16/h10,12,15H,4-9H2,1-3H3. The zero-order valence-electron chi connectivity index (χ0n) is 11.7. The van der Waals surface area contributed by atoms with Crippen molar-refractivity contribution in [2.45, 2.75) is 26.8 Å². The Kier molecular flexibility index (Phi) is 5.15. The highest BCUT2D eigenvalue weighted by Crippen LogP contribution is 2.20. The van der Waals surface area contributed by atoms with Gasteiger partial charge in [0, 0.05) is 49.3 Å². The molecule has 2 heterocycles. The Morgan fingerprint density at radius 1 is 1.39 bits per heavy atom. The number of hydrogen-bond donors (Lipinski definition) is 1. The van der Waals surface area contributed by atoms with Crippen molar-refractivity contribution in [3.05, 3.63) is 23.2 Å². The summed E-state index contributed by atoms with van der Waals surface area (Å²) in [6.45, 7) is 11.0. The second kappa shape index (κ2) is 6.64. The lowest BCUT2D eigenvalue weighted by Crippen LogP contribution is -2.38. The Balaban J connectivity index is 1.74. The van der Waals surface area contributed by atoms with Crippen LogP contribution >= 0.6 is 11.8 Å². The van der Waals surface area contributed by atoms with Crippen LogP contribution in [-0.2, 0) is 0 Å². The minimum absolute atomic E-state index is 0.376. The van der Waals surface area contributed by atoms with Gasteiger partial charge in [-0.3, -0.25) is 0 Å². The van der Waals surface area contributed by atoms with Gasteiger partial charge in [0.05, 0.1) is 0 Å². The minimum atomic E-state index is 0.376. The van der Waals surface area contributed by atoms with Crippen molar-refractivity contribution in [1.82, 2.24) is 10.2 Å². The van der Waals surface area contributed by atoms with Crippen molar-refractivity contribution in [1.29, 1.82) is 0 Å². The maximum absolute atomic E-state index is 5.58. The van der Waals surface area contributed by atoms with Gasteiger partial charge in [-0.2, -0.15) is 11.8 Å². The van der Waals surface area contributed by atoms with Crippen molar-refractivity contribution in [2.24, 2.45) is 0 Å². The zero-order valence-corrected chi connectivity index (χ0v) is 12.5. The molecule has 1 N–H and O–H groups in total. The van der Waals surface area contributed by atoms with E-state index in [1.165, 1.54) is 30.2 Å². The molecule has 2 rings (SSSR count). The van der Waals surface area contributed by atoms with Gasteiger partial charge in [-0.25, -0.2) is 0 Å². The van der Waals surface area contributed by atoms with Crippen molar-refractivity contribution in [3.8, 4) is 0 Å². The first-order valence-corrected chi connectivity index (χ1v) is 7.92. The summed E-state index contributed by atoms with van der Waals surface area (Å²) in [7, 11) is 0. The molecule has 1 saturated heterocycles. The summed E-state index contributed by atoms with van der Waals surface area (Å²) in [5.74, 6) is 4.62. The molecule has 0 bridgehead atoms. The van der Waals surface area contributed by atoms with Gasteiger partial charge >= 0.3 is 0 Å². The number of rotatable bonds is 5. The van der Waals surface area contributed by atoms with E-state index in [9.17, 15) is 0 Å². The second-order valence-corrected chi connectivity index (χ2v) is 6.22. The number of aryl methyl sites for hydroxylation is 2. The fraction of sp³-hybridized carbons (Fsp3) is 0.714. The Labute approximate surface area is 114 Å². The predicted molar refractivity (Wildman–Crippen MR) is 78.4 cm³/mol. The third-order valence-corrected chi connectivity index (χ3v) is 4.47. The molecule has 1 atom stereocenters. The SMILES string of the molecule is Cc1cc(C(C)NCCN2CCSCC2)c(C)o1. The minimum Gasteiger partial charge on any atom is -0.466 e. The van der Waals surface area contributed by atoms with Gasteiger partial charge in [-0.05, 0) is 26.8 Å². The van der Waals surface area contributed by atoms with Gasteiger partial charge in [-0.15, -0.1) is 0 Å². The van der Waals surface area contributed by atoms with E-state index in [4.69, 9.17) is 4.42 Å². The van der Waals surface area contributed by atoms with Gasteiger partial charge in [0.25, 0.3) is 0 Å². The van der Waals surface area contributed by atoms with Crippen molar-refractivity contribution < 1.29 is 4.42 Å². The molecule has 18 heavy (non-hydrogen) atoms. The van der Waals surface area contributed by atoms with Gasteiger partial charge < -0.3 is 14.6 Å². The molecule has 0 amide bonds. The molecule has 1 aromatic heterocycles. The Morgan fingerprint density at radius 2 is 2.11 bits per heavy atom. The van der Waals surface area contributed by atoms with Gasteiger partial charge in [-0.1, -0.05) is 0 Å². The summed E-state index contributed by atoms with van der Waals surface area (Å²) in [5, 5.41) is 3.59. The Bertz CT molecular complexity index is 372. The smallest absolute Gasteiger partial charge is 0.105 e. The van der Waals surface area contributed by atoms with Crippen molar-refractivity contribution in [3.63, 3.8) is 0 Å². The molecule has 1 fully saturated rings. The summed E-state index contributed by atoms with van der Waals surface area (Å²) in [6, 6.07) is 2.52. The van der Waals surface area contributed by atoms with Crippen LogP contribution in [0, 0.1) is 13.8 Å². The summed E-state index contributed by atoms with van der Waals surface area (Å²) in [6.07, 6.45) is 0. The molecule has 1 aromatic rings. The van der Waals surface area contributed by atoms with Crippen LogP contribution < -0.4 is 5.32 Å². The van der Waals surface area contributed by atoms with Crippen LogP contribution in [0.25, 0.3) is 0 Å². The van der Waals surface area contributed by atoms with E-state index in [2.05, 4.69) is 35.0 Å². The third kappa shape index (κ3) is 3.77. The molecule has 1 unspecified atom stereocenters. The van der Waals surface area contributed by atoms with E-state index < -0.39 is 0 Å². The molecule has 1 aliphatic rings. The van der Waals surface area contributed by atoms with E-state index in [1.54, 1.807) is 0 Å². The first-order chi connectivity index (χ1) is 8.66. The lowest BCUT2D eigenvalue weighted by molar-refractivity contribution is 0.296. The fourth-order valence-corrected chi connectivity index (χ4v) is 3.43. The number of nitrogens with one attached hydrogen (secondary N) is 1. The first-order valence-electron chi connectivity index (χ1n) is 6.77. The molecule has 1 aliphatic heterocycles. The lowest BCUT2D eigenvalue weighted by atomic mass is 10.1. The van der Waals surface area contributed by atoms with E-state index in [-0.39, 0.29) is 0 Å². The van der Waals surface area contributed by atoms with Crippen molar-refractivity contribution >= 4 is 11.8 Å². The molecule has 3 nitrogen and oxygen atoms in total. The first kappa shape index (κ1) is 14.0. The molecule has 0 aliphatic carbocycles. The molecular formula is C14H24N2OS. The highest BCUT2D eigenvalue weighted by molar-refractivity contribution is 7.99. The molecule has 0 aromatic carbocycles. The predicted octanol–water partition coefficient (Wildman–Crippen LogP) is 2.60.